The molecule has 3 unspecified atom stereocenters. The molecule has 34 heavy (non-hydrogen) atoms. The molecule has 0 saturated heterocycles. The second-order valence-electron chi connectivity index (χ2n) is 9.63. The molecule has 0 spiro atoms. The first-order chi connectivity index (χ1) is 16.2. The van der Waals surface area contributed by atoms with E-state index in [-0.39, 0.29) is 0 Å². The second-order valence-corrected chi connectivity index (χ2v) is 13.6. The van der Waals surface area contributed by atoms with E-state index in [1.165, 1.54) is 77.0 Å². The molecule has 0 amide bonds. The Morgan fingerprint density at radius 3 is 1.29 bits per heavy atom. The molecule has 0 aliphatic heterocycles. The lowest BCUT2D eigenvalue weighted by Gasteiger charge is -2.41. The fourth-order valence-corrected chi connectivity index (χ4v) is 7.08. The summed E-state index contributed by atoms with van der Waals surface area (Å²) >= 11 is 0.707. The monoisotopic (exact) mass is 528 g/mol. The molecule has 1 saturated carbocycles. The molecule has 0 radical (unpaired) electrons. The van der Waals surface area contributed by atoms with Crippen LogP contribution in [0.3, 0.4) is 0 Å². The minimum Gasteiger partial charge on any atom is -0.387 e. The molecule has 204 valence electrons. The van der Waals surface area contributed by atoms with Crippen LogP contribution in [0.1, 0.15) is 110 Å². The smallest absolute Gasteiger partial charge is 0.387 e. The Labute approximate surface area is 209 Å². The number of aliphatic hydroxyl groups is 5. The topological polar surface area (TPSA) is 148 Å². The fourth-order valence-electron chi connectivity index (χ4n) is 4.34. The summed E-state index contributed by atoms with van der Waals surface area (Å²) in [5, 5.41) is 48.8. The molecule has 1 aliphatic rings. The van der Waals surface area contributed by atoms with E-state index in [1.807, 2.05) is 0 Å². The molecule has 0 aromatic carbocycles. The van der Waals surface area contributed by atoms with E-state index in [0.29, 0.717) is 17.1 Å². The number of hydrogen-bond donors (Lipinski definition) is 6. The molecule has 0 heterocycles. The molecule has 1 aliphatic carbocycles. The number of unbranched alkanes of at least 4 members (excludes halogenated alkanes) is 15. The molecule has 6 N–H and O–H groups in total. The highest BCUT2D eigenvalue weighted by atomic mass is 32.7. The maximum Gasteiger partial charge on any atom is 0.387 e. The summed E-state index contributed by atoms with van der Waals surface area (Å²) in [6, 6.07) is 0. The Balaban J connectivity index is 2.00. The quantitative estimate of drug-likeness (QED) is 0.101. The van der Waals surface area contributed by atoms with Crippen LogP contribution in [0.4, 0.5) is 0 Å². The van der Waals surface area contributed by atoms with Crippen LogP contribution in [0, 0.1) is 0 Å². The van der Waals surface area contributed by atoms with E-state index in [9.17, 15) is 35.0 Å². The van der Waals surface area contributed by atoms with E-state index in [2.05, 4.69) is 6.92 Å². The van der Waals surface area contributed by atoms with Gasteiger partial charge in [-0.05, 0) is 17.8 Å². The van der Waals surface area contributed by atoms with Crippen LogP contribution in [0.15, 0.2) is 0 Å². The minimum atomic E-state index is -4.21. The van der Waals surface area contributed by atoms with Crippen LogP contribution in [0.2, 0.25) is 0 Å². The minimum absolute atomic E-state index is 0.388. The Bertz CT molecular complexity index is 539. The van der Waals surface area contributed by atoms with Crippen LogP contribution >= 0.6 is 18.2 Å². The van der Waals surface area contributed by atoms with Crippen molar-refractivity contribution in [1.29, 1.82) is 0 Å². The summed E-state index contributed by atoms with van der Waals surface area (Å²) in [6.07, 6.45) is 9.41. The van der Waals surface area contributed by atoms with E-state index in [0.717, 1.165) is 25.7 Å². The molecule has 8 nitrogen and oxygen atoms in total. The van der Waals surface area contributed by atoms with Crippen molar-refractivity contribution in [3.63, 3.8) is 0 Å². The van der Waals surface area contributed by atoms with Crippen molar-refractivity contribution in [3.8, 4) is 0 Å². The van der Waals surface area contributed by atoms with Gasteiger partial charge < -0.3 is 30.4 Å². The summed E-state index contributed by atoms with van der Waals surface area (Å²) in [6.45, 7) is -1.96. The highest BCUT2D eigenvalue weighted by Crippen LogP contribution is 2.57. The van der Waals surface area contributed by atoms with Crippen molar-refractivity contribution in [3.05, 3.63) is 0 Å². The predicted octanol–water partition coefficient (Wildman–Crippen LogP) is 4.28. The molecule has 1 rings (SSSR count). The highest BCUT2D eigenvalue weighted by molar-refractivity contribution is 8.54. The highest BCUT2D eigenvalue weighted by Gasteiger charge is 2.51. The van der Waals surface area contributed by atoms with Gasteiger partial charge in [0, 0.05) is 5.75 Å². The summed E-state index contributed by atoms with van der Waals surface area (Å²) < 4.78 is 17.2. The van der Waals surface area contributed by atoms with Gasteiger partial charge in [-0.3, -0.25) is 4.52 Å². The first-order valence-corrected chi connectivity index (χ1v) is 16.4. The van der Waals surface area contributed by atoms with E-state index >= 15 is 0 Å². The van der Waals surface area contributed by atoms with Crippen LogP contribution in [-0.2, 0) is 9.09 Å². The van der Waals surface area contributed by atoms with Gasteiger partial charge >= 0.3 is 6.80 Å². The van der Waals surface area contributed by atoms with Crippen LogP contribution < -0.4 is 0 Å². The van der Waals surface area contributed by atoms with Gasteiger partial charge in [-0.2, -0.15) is 0 Å². The van der Waals surface area contributed by atoms with Crippen molar-refractivity contribution in [2.45, 2.75) is 146 Å². The summed E-state index contributed by atoms with van der Waals surface area (Å²) in [5.74, 6) is 0.388. The number of hydrogen-bond acceptors (Lipinski definition) is 8. The maximum absolute atomic E-state index is 12.3. The summed E-state index contributed by atoms with van der Waals surface area (Å²) in [4.78, 5) is 10.0. The third-order valence-electron chi connectivity index (χ3n) is 6.58. The average Bonchev–Trinajstić information content (AvgIpc) is 2.81. The molecule has 10 heteroatoms. The standard InChI is InChI=1S/C24H49O8PS/c1-2-3-4-5-6-7-8-9-10-11-12-13-14-15-16-17-18-34-33(30,31)32-24-22(28)20(26)19(25)21(27)23(24)29/h19-29H,2-18H2,1H3,(H,30,31)/t19?,20-,21+,22-,23-,24?/m0/s1. The molecule has 0 aromatic rings. The van der Waals surface area contributed by atoms with Gasteiger partial charge in [0.15, 0.2) is 0 Å². The average molecular weight is 529 g/mol. The van der Waals surface area contributed by atoms with Crippen molar-refractivity contribution < 1.29 is 39.5 Å². The first-order valence-electron chi connectivity index (χ1n) is 13.3. The van der Waals surface area contributed by atoms with Crippen LogP contribution in [-0.4, -0.2) is 72.8 Å². The van der Waals surface area contributed by atoms with Gasteiger partial charge in [0.05, 0.1) is 0 Å². The lowest BCUT2D eigenvalue weighted by Crippen LogP contribution is -2.64. The van der Waals surface area contributed by atoms with E-state index < -0.39 is 43.4 Å². The van der Waals surface area contributed by atoms with Gasteiger partial charge in [0.2, 0.25) is 0 Å². The lowest BCUT2D eigenvalue weighted by molar-refractivity contribution is -0.217. The maximum atomic E-state index is 12.3. The molecular formula is C24H49O8PS. The largest absolute Gasteiger partial charge is 0.387 e. The van der Waals surface area contributed by atoms with Gasteiger partial charge in [-0.25, -0.2) is 4.57 Å². The summed E-state index contributed by atoms with van der Waals surface area (Å²) in [5.41, 5.74) is 0. The van der Waals surface area contributed by atoms with Crippen LogP contribution in [0.5, 0.6) is 0 Å². The Morgan fingerprint density at radius 2 is 0.912 bits per heavy atom. The van der Waals surface area contributed by atoms with Gasteiger partial charge in [0.1, 0.15) is 36.6 Å². The zero-order valence-corrected chi connectivity index (χ0v) is 22.6. The van der Waals surface area contributed by atoms with Crippen molar-refractivity contribution >= 4 is 18.2 Å². The third-order valence-corrected chi connectivity index (χ3v) is 9.67. The van der Waals surface area contributed by atoms with E-state index in [4.69, 9.17) is 4.52 Å². The molecule has 7 atom stereocenters. The Kier molecular flexibility index (Phi) is 17.6. The van der Waals surface area contributed by atoms with Crippen molar-refractivity contribution in [2.24, 2.45) is 0 Å². The first kappa shape index (κ1) is 32.3. The predicted molar refractivity (Wildman–Crippen MR) is 137 cm³/mol. The number of aliphatic hydroxyl groups excluding tert-OH is 5. The third kappa shape index (κ3) is 13.0. The van der Waals surface area contributed by atoms with E-state index in [1.54, 1.807) is 0 Å². The second kappa shape index (κ2) is 18.5. The SMILES string of the molecule is CCCCCCCCCCCCCCCCCCSP(=O)(O)OC1[C@@H](O)[C@H](O)C(O)[C@H](O)[C@@H]1O. The molecular weight excluding hydrogens is 479 g/mol. The van der Waals surface area contributed by atoms with Crippen LogP contribution in [0.25, 0.3) is 0 Å². The fraction of sp³-hybridized carbons (Fsp3) is 1.00. The van der Waals surface area contributed by atoms with Gasteiger partial charge in [0.25, 0.3) is 0 Å². The molecule has 0 bridgehead atoms. The van der Waals surface area contributed by atoms with Crippen molar-refractivity contribution in [2.75, 3.05) is 5.75 Å². The normalized spacial score (nSPS) is 29.3. The zero-order chi connectivity index (χ0) is 25.4. The zero-order valence-electron chi connectivity index (χ0n) is 20.8. The summed E-state index contributed by atoms with van der Waals surface area (Å²) in [7, 11) is 0. The van der Waals surface area contributed by atoms with Gasteiger partial charge in [-0.1, -0.05) is 103 Å². The molecule has 1 fully saturated rings. The van der Waals surface area contributed by atoms with Crippen molar-refractivity contribution in [1.82, 2.24) is 0 Å². The lowest BCUT2D eigenvalue weighted by atomic mass is 9.85. The van der Waals surface area contributed by atoms with Gasteiger partial charge in [-0.15, -0.1) is 0 Å². The molecule has 0 aromatic heterocycles. The number of rotatable bonds is 20. The Morgan fingerprint density at radius 1 is 0.588 bits per heavy atom. The Hall–Kier alpha value is 0.300.